The van der Waals surface area contributed by atoms with Crippen LogP contribution in [0.25, 0.3) is 0 Å². The van der Waals surface area contributed by atoms with Gasteiger partial charge < -0.3 is 14.6 Å². The Morgan fingerprint density at radius 1 is 1.40 bits per heavy atom. The van der Waals surface area contributed by atoms with Gasteiger partial charge in [0.1, 0.15) is 5.01 Å². The minimum Gasteiger partial charge on any atom is -0.383 e. The van der Waals surface area contributed by atoms with Gasteiger partial charge in [0, 0.05) is 24.4 Å². The van der Waals surface area contributed by atoms with Gasteiger partial charge in [-0.2, -0.15) is 0 Å². The topological polar surface area (TPSA) is 52.0 Å². The van der Waals surface area contributed by atoms with Crippen LogP contribution in [0.3, 0.4) is 0 Å². The Balaban J connectivity index is 2.16. The number of nitrogens with zero attached hydrogens (tertiary/aromatic N) is 3. The number of rotatable bonds is 6. The number of methoxy groups -OCH3 is 1. The zero-order chi connectivity index (χ0) is 14.7. The molecule has 110 valence electrons. The summed E-state index contributed by atoms with van der Waals surface area (Å²) in [6.45, 7) is 8.95. The number of imidazole rings is 1. The molecule has 1 N–H and O–H groups in total. The van der Waals surface area contributed by atoms with Gasteiger partial charge in [0.15, 0.2) is 0 Å². The smallest absolute Gasteiger partial charge is 0.203 e. The van der Waals surface area contributed by atoms with Crippen LogP contribution in [0.2, 0.25) is 0 Å². The fourth-order valence-electron chi connectivity index (χ4n) is 2.11. The summed E-state index contributed by atoms with van der Waals surface area (Å²) in [5.41, 5.74) is 0.998. The summed E-state index contributed by atoms with van der Waals surface area (Å²) in [4.78, 5) is 10.2. The van der Waals surface area contributed by atoms with Crippen molar-refractivity contribution in [2.24, 2.45) is 0 Å². The molecule has 2 aromatic heterocycles. The van der Waals surface area contributed by atoms with Crippen LogP contribution in [-0.4, -0.2) is 28.3 Å². The summed E-state index contributed by atoms with van der Waals surface area (Å²) in [6, 6.07) is 0.387. The highest BCUT2D eigenvalue weighted by Gasteiger charge is 2.16. The summed E-state index contributed by atoms with van der Waals surface area (Å²) >= 11 is 1.71. The Morgan fingerprint density at radius 3 is 2.75 bits per heavy atom. The Kier molecular flexibility index (Phi) is 4.77. The largest absolute Gasteiger partial charge is 0.383 e. The molecular weight excluding hydrogens is 272 g/mol. The van der Waals surface area contributed by atoms with Gasteiger partial charge in [-0.15, -0.1) is 11.3 Å². The molecule has 0 spiro atoms. The molecule has 2 aromatic rings. The van der Waals surface area contributed by atoms with Gasteiger partial charge >= 0.3 is 0 Å². The second-order valence-electron chi connectivity index (χ2n) is 5.09. The Hall–Kier alpha value is -1.40. The fraction of sp³-hybridized carbons (Fsp3) is 0.571. The zero-order valence-corrected chi connectivity index (χ0v) is 13.5. The highest BCUT2D eigenvalue weighted by Crippen LogP contribution is 2.24. The molecular formula is C14H22N4OS. The number of aromatic nitrogens is 3. The lowest BCUT2D eigenvalue weighted by Crippen LogP contribution is -2.16. The van der Waals surface area contributed by atoms with Gasteiger partial charge in [0.2, 0.25) is 5.95 Å². The Labute approximate surface area is 124 Å². The molecule has 2 rings (SSSR count). The number of ether oxygens (including phenoxy) is 1. The van der Waals surface area contributed by atoms with Crippen LogP contribution in [0.1, 0.15) is 41.5 Å². The maximum Gasteiger partial charge on any atom is 0.203 e. The summed E-state index contributed by atoms with van der Waals surface area (Å²) < 4.78 is 7.35. The lowest BCUT2D eigenvalue weighted by molar-refractivity contribution is 0.163. The van der Waals surface area contributed by atoms with E-state index in [2.05, 4.69) is 40.6 Å². The Morgan fingerprint density at radius 2 is 2.15 bits per heavy atom. The number of thiazole rings is 1. The molecule has 20 heavy (non-hydrogen) atoms. The third-order valence-corrected chi connectivity index (χ3v) is 4.19. The molecule has 0 amide bonds. The molecule has 5 nitrogen and oxygen atoms in total. The van der Waals surface area contributed by atoms with E-state index in [1.54, 1.807) is 18.4 Å². The summed E-state index contributed by atoms with van der Waals surface area (Å²) in [6.07, 6.45) is 3.95. The van der Waals surface area contributed by atoms with Crippen LogP contribution in [0.4, 0.5) is 5.95 Å². The highest BCUT2D eigenvalue weighted by atomic mass is 32.1. The van der Waals surface area contributed by atoms with Crippen molar-refractivity contribution in [3.8, 4) is 0 Å². The normalized spacial score (nSPS) is 14.2. The van der Waals surface area contributed by atoms with Crippen molar-refractivity contribution in [1.82, 2.24) is 14.5 Å². The molecule has 6 heteroatoms. The molecule has 0 bridgehead atoms. The average Bonchev–Trinajstić information content (AvgIpc) is 2.96. The van der Waals surface area contributed by atoms with Crippen molar-refractivity contribution in [3.05, 3.63) is 28.0 Å². The molecule has 2 atom stereocenters. The van der Waals surface area contributed by atoms with E-state index < -0.39 is 0 Å². The van der Waals surface area contributed by atoms with Gasteiger partial charge in [-0.1, -0.05) is 0 Å². The monoisotopic (exact) mass is 294 g/mol. The van der Waals surface area contributed by atoms with Crippen molar-refractivity contribution in [2.45, 2.75) is 39.8 Å². The summed E-state index contributed by atoms with van der Waals surface area (Å²) in [5.74, 6) is 0.868. The minimum absolute atomic E-state index is 0.143. The quantitative estimate of drug-likeness (QED) is 0.888. The number of nitrogens with one attached hydrogen (secondary N) is 1. The fourth-order valence-corrected chi connectivity index (χ4v) is 2.88. The average molecular weight is 294 g/mol. The first kappa shape index (κ1) is 15.0. The van der Waals surface area contributed by atoms with E-state index in [4.69, 9.17) is 4.74 Å². The number of hydrogen-bond donors (Lipinski definition) is 1. The van der Waals surface area contributed by atoms with E-state index >= 15 is 0 Å². The number of anilines is 1. The first-order valence-corrected chi connectivity index (χ1v) is 7.56. The maximum absolute atomic E-state index is 5.23. The minimum atomic E-state index is 0.143. The third kappa shape index (κ3) is 3.37. The van der Waals surface area contributed by atoms with Crippen LogP contribution >= 0.6 is 11.3 Å². The van der Waals surface area contributed by atoms with E-state index in [1.807, 2.05) is 19.3 Å². The third-order valence-electron chi connectivity index (χ3n) is 3.09. The zero-order valence-electron chi connectivity index (χ0n) is 12.7. The molecule has 0 aliphatic heterocycles. The van der Waals surface area contributed by atoms with Gasteiger partial charge in [0.05, 0.1) is 24.4 Å². The van der Waals surface area contributed by atoms with Crippen LogP contribution in [0.15, 0.2) is 12.4 Å². The van der Waals surface area contributed by atoms with Crippen molar-refractivity contribution in [3.63, 3.8) is 0 Å². The van der Waals surface area contributed by atoms with Crippen LogP contribution < -0.4 is 5.32 Å². The van der Waals surface area contributed by atoms with Crippen molar-refractivity contribution in [1.29, 1.82) is 0 Å². The molecule has 0 fully saturated rings. The van der Waals surface area contributed by atoms with Crippen molar-refractivity contribution < 1.29 is 4.74 Å². The van der Waals surface area contributed by atoms with E-state index in [0.29, 0.717) is 6.61 Å². The molecule has 0 saturated heterocycles. The molecule has 0 aromatic carbocycles. The second-order valence-corrected chi connectivity index (χ2v) is 6.36. The lowest BCUT2D eigenvalue weighted by Gasteiger charge is -2.18. The molecule has 0 aliphatic rings. The first-order valence-electron chi connectivity index (χ1n) is 6.74. The molecule has 2 heterocycles. The van der Waals surface area contributed by atoms with Gasteiger partial charge in [-0.3, -0.25) is 0 Å². The second kappa shape index (κ2) is 6.37. The van der Waals surface area contributed by atoms with E-state index in [9.17, 15) is 0 Å². The Bertz CT molecular complexity index is 563. The molecule has 2 unspecified atom stereocenters. The van der Waals surface area contributed by atoms with Crippen LogP contribution in [0.5, 0.6) is 0 Å². The van der Waals surface area contributed by atoms with Gasteiger partial charge in [0.25, 0.3) is 0 Å². The van der Waals surface area contributed by atoms with E-state index in [-0.39, 0.29) is 12.1 Å². The van der Waals surface area contributed by atoms with E-state index in [1.165, 1.54) is 4.88 Å². The molecule has 0 aliphatic carbocycles. The van der Waals surface area contributed by atoms with Gasteiger partial charge in [-0.25, -0.2) is 9.97 Å². The first-order chi connectivity index (χ1) is 9.51. The van der Waals surface area contributed by atoms with Gasteiger partial charge in [-0.05, 0) is 27.7 Å². The standard InChI is InChI=1S/C14H22N4OS/c1-9-7-18(10(2)8-19-5)14(16-9)17-12(4)13-15-6-11(3)20-13/h6-7,10,12H,8H2,1-5H3,(H,16,17). The lowest BCUT2D eigenvalue weighted by atomic mass is 10.3. The summed E-state index contributed by atoms with van der Waals surface area (Å²) in [7, 11) is 1.72. The maximum atomic E-state index is 5.23. The predicted molar refractivity (Wildman–Crippen MR) is 82.4 cm³/mol. The predicted octanol–water partition coefficient (Wildman–Crippen LogP) is 3.34. The van der Waals surface area contributed by atoms with Crippen molar-refractivity contribution >= 4 is 17.3 Å². The molecule has 0 radical (unpaired) electrons. The van der Waals surface area contributed by atoms with Crippen LogP contribution in [0, 0.1) is 13.8 Å². The summed E-state index contributed by atoms with van der Waals surface area (Å²) in [5, 5.41) is 4.52. The SMILES string of the molecule is COCC(C)n1cc(C)nc1NC(C)c1ncc(C)s1. The number of hydrogen-bond acceptors (Lipinski definition) is 5. The highest BCUT2D eigenvalue weighted by molar-refractivity contribution is 7.11. The van der Waals surface area contributed by atoms with Crippen LogP contribution in [-0.2, 0) is 4.74 Å². The number of aryl methyl sites for hydroxylation is 2. The van der Waals surface area contributed by atoms with Crippen molar-refractivity contribution in [2.75, 3.05) is 19.0 Å². The molecule has 0 saturated carbocycles. The van der Waals surface area contributed by atoms with E-state index in [0.717, 1.165) is 16.6 Å².